The molecule has 1 fully saturated rings. The molecule has 1 aliphatic rings. The van der Waals surface area contributed by atoms with Gasteiger partial charge in [0.05, 0.1) is 23.9 Å². The smallest absolute Gasteiger partial charge is 0.188 e. The summed E-state index contributed by atoms with van der Waals surface area (Å²) >= 11 is 0. The number of aromatic nitrogens is 2. The molecule has 2 aromatic rings. The third-order valence-electron chi connectivity index (χ3n) is 4.37. The van der Waals surface area contributed by atoms with Crippen LogP contribution in [-0.4, -0.2) is 21.0 Å². The van der Waals surface area contributed by atoms with Gasteiger partial charge in [0, 0.05) is 11.8 Å². The molecule has 2 heterocycles. The summed E-state index contributed by atoms with van der Waals surface area (Å²) in [4.78, 5) is 0. The van der Waals surface area contributed by atoms with Crippen molar-refractivity contribution in [3.8, 4) is 0 Å². The number of nitrogens with zero attached hydrogens (tertiary/aromatic N) is 2. The van der Waals surface area contributed by atoms with Crippen LogP contribution in [0.15, 0.2) is 42.7 Å². The zero-order chi connectivity index (χ0) is 15.1. The minimum Gasteiger partial charge on any atom is -0.339 e. The van der Waals surface area contributed by atoms with Crippen molar-refractivity contribution in [1.29, 1.82) is 0 Å². The maximum absolute atomic E-state index is 6.04. The molecule has 1 aromatic heterocycles. The van der Waals surface area contributed by atoms with Crippen LogP contribution in [0.4, 0.5) is 0 Å². The van der Waals surface area contributed by atoms with Gasteiger partial charge in [0.25, 0.3) is 0 Å². The van der Waals surface area contributed by atoms with Crippen LogP contribution in [0.5, 0.6) is 0 Å². The highest BCUT2D eigenvalue weighted by molar-refractivity contribution is 5.16. The third kappa shape index (κ3) is 2.74. The average Bonchev–Trinajstić information content (AvgIpc) is 2.94. The first-order valence-corrected chi connectivity index (χ1v) is 7.29. The maximum Gasteiger partial charge on any atom is 0.188 e. The van der Waals surface area contributed by atoms with E-state index in [-0.39, 0.29) is 17.5 Å². The molecule has 0 N–H and O–H groups in total. The van der Waals surface area contributed by atoms with Crippen molar-refractivity contribution in [1.82, 2.24) is 9.78 Å². The summed E-state index contributed by atoms with van der Waals surface area (Å²) in [7, 11) is 0. The molecule has 0 radical (unpaired) electrons. The molecule has 0 saturated carbocycles. The van der Waals surface area contributed by atoms with E-state index < -0.39 is 0 Å². The molecular formula is C17H22N2O2. The Morgan fingerprint density at radius 3 is 2.29 bits per heavy atom. The van der Waals surface area contributed by atoms with Gasteiger partial charge in [-0.1, -0.05) is 30.3 Å². The predicted octanol–water partition coefficient (Wildman–Crippen LogP) is 3.53. The Labute approximate surface area is 125 Å². The summed E-state index contributed by atoms with van der Waals surface area (Å²) in [6.45, 7) is 8.98. The molecule has 112 valence electrons. The fraction of sp³-hybridized carbons (Fsp3) is 0.471. The van der Waals surface area contributed by atoms with Crippen LogP contribution in [0.1, 0.15) is 45.1 Å². The van der Waals surface area contributed by atoms with Gasteiger partial charge < -0.3 is 9.47 Å². The summed E-state index contributed by atoms with van der Waals surface area (Å²) in [6, 6.07) is 10.3. The third-order valence-corrected chi connectivity index (χ3v) is 4.37. The Hall–Kier alpha value is -1.65. The van der Waals surface area contributed by atoms with Crippen molar-refractivity contribution in [2.24, 2.45) is 0 Å². The predicted molar refractivity (Wildman–Crippen MR) is 80.8 cm³/mol. The molecule has 4 heteroatoms. The average molecular weight is 286 g/mol. The summed E-state index contributed by atoms with van der Waals surface area (Å²) < 4.78 is 14.0. The summed E-state index contributed by atoms with van der Waals surface area (Å²) in [5.41, 5.74) is 1.55. The summed E-state index contributed by atoms with van der Waals surface area (Å²) in [6.07, 6.45) is 3.47. The first-order chi connectivity index (χ1) is 9.87. The molecule has 3 rings (SSSR count). The Balaban J connectivity index is 1.74. The van der Waals surface area contributed by atoms with Crippen molar-refractivity contribution >= 4 is 0 Å². The van der Waals surface area contributed by atoms with Gasteiger partial charge in [0.15, 0.2) is 6.29 Å². The molecule has 0 atom stereocenters. The Morgan fingerprint density at radius 1 is 1.05 bits per heavy atom. The minimum absolute atomic E-state index is 0.320. The van der Waals surface area contributed by atoms with E-state index in [0.29, 0.717) is 0 Å². The number of hydrogen-bond acceptors (Lipinski definition) is 3. The lowest BCUT2D eigenvalue weighted by molar-refractivity contribution is -0.0896. The quantitative estimate of drug-likeness (QED) is 0.866. The highest BCUT2D eigenvalue weighted by Gasteiger charge is 2.49. The lowest BCUT2D eigenvalue weighted by atomic mass is 9.90. The molecule has 1 aliphatic heterocycles. The first-order valence-electron chi connectivity index (χ1n) is 7.29. The SMILES string of the molecule is CC1(C)OC(c2cnn(Cc3ccccc3)c2)OC1(C)C. The van der Waals surface area contributed by atoms with Crippen LogP contribution in [0.25, 0.3) is 0 Å². The van der Waals surface area contributed by atoms with Gasteiger partial charge in [-0.2, -0.15) is 5.10 Å². The molecule has 0 aliphatic carbocycles. The van der Waals surface area contributed by atoms with Gasteiger partial charge in [-0.25, -0.2) is 0 Å². The van der Waals surface area contributed by atoms with Crippen LogP contribution in [0, 0.1) is 0 Å². The van der Waals surface area contributed by atoms with Gasteiger partial charge in [0.2, 0.25) is 0 Å². The fourth-order valence-electron chi connectivity index (χ4n) is 2.34. The molecule has 21 heavy (non-hydrogen) atoms. The van der Waals surface area contributed by atoms with Crippen LogP contribution in [-0.2, 0) is 16.0 Å². The van der Waals surface area contributed by atoms with Gasteiger partial charge >= 0.3 is 0 Å². The number of benzene rings is 1. The van der Waals surface area contributed by atoms with Crippen LogP contribution in [0.2, 0.25) is 0 Å². The van der Waals surface area contributed by atoms with E-state index in [4.69, 9.17) is 9.47 Å². The largest absolute Gasteiger partial charge is 0.339 e. The summed E-state index contributed by atoms with van der Waals surface area (Å²) in [5, 5.41) is 4.41. The standard InChI is InChI=1S/C17H22N2O2/c1-16(2)17(3,4)21-15(20-16)14-10-18-19(12-14)11-13-8-6-5-7-9-13/h5-10,12,15H,11H2,1-4H3. The number of ether oxygens (including phenoxy) is 2. The van der Waals surface area contributed by atoms with Gasteiger partial charge in [-0.3, -0.25) is 4.68 Å². The minimum atomic E-state index is -0.348. The highest BCUT2D eigenvalue weighted by atomic mass is 16.7. The van der Waals surface area contributed by atoms with Crippen molar-refractivity contribution in [3.05, 3.63) is 53.9 Å². The van der Waals surface area contributed by atoms with Crippen molar-refractivity contribution in [3.63, 3.8) is 0 Å². The van der Waals surface area contributed by atoms with Gasteiger partial charge in [-0.15, -0.1) is 0 Å². The van der Waals surface area contributed by atoms with Crippen LogP contribution >= 0.6 is 0 Å². The normalized spacial score (nSPS) is 20.8. The second-order valence-electron chi connectivity index (χ2n) is 6.55. The summed E-state index contributed by atoms with van der Waals surface area (Å²) in [5.74, 6) is 0. The fourth-order valence-corrected chi connectivity index (χ4v) is 2.34. The molecule has 0 unspecified atom stereocenters. The van der Waals surface area contributed by atoms with Gasteiger partial charge in [-0.05, 0) is 33.3 Å². The monoisotopic (exact) mass is 286 g/mol. The lowest BCUT2D eigenvalue weighted by Gasteiger charge is -2.30. The maximum atomic E-state index is 6.04. The zero-order valence-corrected chi connectivity index (χ0v) is 13.0. The molecule has 1 aromatic carbocycles. The zero-order valence-electron chi connectivity index (χ0n) is 13.0. The molecule has 0 amide bonds. The van der Waals surface area contributed by atoms with E-state index in [1.807, 2.05) is 35.3 Å². The molecule has 1 saturated heterocycles. The van der Waals surface area contributed by atoms with E-state index in [1.165, 1.54) is 5.56 Å². The molecule has 4 nitrogen and oxygen atoms in total. The molecular weight excluding hydrogens is 264 g/mol. The van der Waals surface area contributed by atoms with E-state index >= 15 is 0 Å². The molecule has 0 spiro atoms. The topological polar surface area (TPSA) is 36.3 Å². The Kier molecular flexibility index (Phi) is 3.38. The van der Waals surface area contributed by atoms with E-state index in [9.17, 15) is 0 Å². The van der Waals surface area contributed by atoms with E-state index in [1.54, 1.807) is 0 Å². The molecule has 0 bridgehead atoms. The van der Waals surface area contributed by atoms with Gasteiger partial charge in [0.1, 0.15) is 0 Å². The second-order valence-corrected chi connectivity index (χ2v) is 6.55. The second kappa shape index (κ2) is 4.97. The number of rotatable bonds is 3. The first kappa shape index (κ1) is 14.3. The van der Waals surface area contributed by atoms with Crippen LogP contribution < -0.4 is 0 Å². The Bertz CT molecular complexity index is 601. The van der Waals surface area contributed by atoms with Crippen molar-refractivity contribution in [2.75, 3.05) is 0 Å². The van der Waals surface area contributed by atoms with Crippen molar-refractivity contribution in [2.45, 2.75) is 51.7 Å². The highest BCUT2D eigenvalue weighted by Crippen LogP contribution is 2.44. The van der Waals surface area contributed by atoms with E-state index in [0.717, 1.165) is 12.1 Å². The van der Waals surface area contributed by atoms with Crippen LogP contribution in [0.3, 0.4) is 0 Å². The van der Waals surface area contributed by atoms with Crippen molar-refractivity contribution < 1.29 is 9.47 Å². The number of hydrogen-bond donors (Lipinski definition) is 0. The van der Waals surface area contributed by atoms with E-state index in [2.05, 4.69) is 44.9 Å². The Morgan fingerprint density at radius 2 is 1.67 bits per heavy atom. The lowest BCUT2D eigenvalue weighted by Crippen LogP contribution is -2.41.